The monoisotopic (exact) mass is 654 g/mol. The minimum Gasteiger partial charge on any atom is -0.478 e. The number of allylic oxidation sites excluding steroid dienone is 16. The van der Waals surface area contributed by atoms with Crippen LogP contribution in [0, 0.1) is 11.8 Å². The molecule has 0 aliphatic carbocycles. The van der Waals surface area contributed by atoms with E-state index in [1.54, 1.807) is 37.3 Å². The summed E-state index contributed by atoms with van der Waals surface area (Å²) in [4.78, 5) is 10.4. The van der Waals surface area contributed by atoms with Crippen molar-refractivity contribution in [1.82, 2.24) is 0 Å². The van der Waals surface area contributed by atoms with Crippen molar-refractivity contribution in [1.29, 1.82) is 0 Å². The molecule has 6 N–H and O–H groups in total. The predicted molar refractivity (Wildman–Crippen MR) is 186 cm³/mol. The number of unbranched alkanes of at least 4 members (excludes halogenated alkanes) is 1. The third-order valence-corrected chi connectivity index (χ3v) is 7.35. The van der Waals surface area contributed by atoms with Crippen LogP contribution in [0.1, 0.15) is 47.0 Å². The van der Waals surface area contributed by atoms with Gasteiger partial charge in [0.1, 0.15) is 18.3 Å². The quantitative estimate of drug-likeness (QED) is 0.0459. The van der Waals surface area contributed by atoms with Crippen LogP contribution in [0.2, 0.25) is 0 Å². The second kappa shape index (κ2) is 24.7. The predicted octanol–water partition coefficient (Wildman–Crippen LogP) is 5.03. The minimum atomic E-state index is -1.32. The van der Waals surface area contributed by atoms with Crippen molar-refractivity contribution in [2.24, 2.45) is 11.8 Å². The van der Waals surface area contributed by atoms with Gasteiger partial charge in [0.05, 0.1) is 24.4 Å². The first-order valence-electron chi connectivity index (χ1n) is 16.1. The number of hydrogen-bond donors (Lipinski definition) is 6. The van der Waals surface area contributed by atoms with Gasteiger partial charge >= 0.3 is 5.97 Å². The average Bonchev–Trinajstić information content (AvgIpc) is 3.04. The van der Waals surface area contributed by atoms with E-state index in [4.69, 9.17) is 14.6 Å². The molecule has 0 amide bonds. The molecule has 0 aromatic heterocycles. The molecule has 9 heteroatoms. The van der Waals surface area contributed by atoms with E-state index in [9.17, 15) is 30.3 Å². The number of carboxylic acid groups (broad SMARTS) is 1. The largest absolute Gasteiger partial charge is 0.478 e. The standard InChI is InChI=1S/C38H54O9/c1-28(24-20-16-12-8-5-6-11-15-19-23-27-33(40)41)34(42)30(3)32(39)26-22-18-14-10-7-9-13-17-21-25-29(2)46-38-37(45)36(44)35(43)31(4)47-38/h5-11,13-15,17-24,26-32,34-39,42-45H,12,16,25H2,1-4H3,(H,40,41). The van der Waals surface area contributed by atoms with Gasteiger partial charge in [0.15, 0.2) is 6.29 Å². The lowest BCUT2D eigenvalue weighted by molar-refractivity contribution is -0.302. The maximum Gasteiger partial charge on any atom is 0.328 e. The fourth-order valence-corrected chi connectivity index (χ4v) is 4.36. The molecule has 1 aliphatic heterocycles. The van der Waals surface area contributed by atoms with E-state index in [2.05, 4.69) is 0 Å². The van der Waals surface area contributed by atoms with E-state index < -0.39 is 48.9 Å². The van der Waals surface area contributed by atoms with E-state index in [0.29, 0.717) is 6.42 Å². The van der Waals surface area contributed by atoms with Crippen molar-refractivity contribution in [3.63, 3.8) is 0 Å². The van der Waals surface area contributed by atoms with Gasteiger partial charge in [-0.2, -0.15) is 0 Å². The normalized spacial score (nSPS) is 26.6. The topological polar surface area (TPSA) is 157 Å². The molecule has 1 aliphatic rings. The smallest absolute Gasteiger partial charge is 0.328 e. The molecule has 0 spiro atoms. The summed E-state index contributed by atoms with van der Waals surface area (Å²) in [6.45, 7) is 7.20. The minimum absolute atomic E-state index is 0.109. The molecule has 0 bridgehead atoms. The highest BCUT2D eigenvalue weighted by Gasteiger charge is 2.42. The maximum absolute atomic E-state index is 10.7. The van der Waals surface area contributed by atoms with Crippen LogP contribution < -0.4 is 0 Å². The van der Waals surface area contributed by atoms with Gasteiger partial charge in [-0.1, -0.05) is 129 Å². The Balaban J connectivity index is 2.31. The fraction of sp³-hybridized carbons (Fsp3) is 0.447. The summed E-state index contributed by atoms with van der Waals surface area (Å²) in [5.74, 6) is -1.43. The number of carboxylic acids is 1. The third-order valence-electron chi connectivity index (χ3n) is 7.35. The van der Waals surface area contributed by atoms with Crippen LogP contribution in [0.3, 0.4) is 0 Å². The highest BCUT2D eigenvalue weighted by atomic mass is 16.7. The van der Waals surface area contributed by atoms with E-state index in [1.807, 2.05) is 99.8 Å². The second-order valence-corrected chi connectivity index (χ2v) is 11.4. The summed E-state index contributed by atoms with van der Waals surface area (Å²) in [5, 5.41) is 59.4. The Hall–Kier alpha value is -3.41. The number of aliphatic hydroxyl groups excluding tert-OH is 5. The van der Waals surface area contributed by atoms with Gasteiger partial charge in [-0.05, 0) is 33.1 Å². The van der Waals surface area contributed by atoms with Crippen LogP contribution in [0.4, 0.5) is 0 Å². The van der Waals surface area contributed by atoms with Crippen molar-refractivity contribution in [2.75, 3.05) is 0 Å². The highest BCUT2D eigenvalue weighted by Crippen LogP contribution is 2.23. The molecule has 1 heterocycles. The summed E-state index contributed by atoms with van der Waals surface area (Å²) in [7, 11) is 0. The van der Waals surface area contributed by atoms with Crippen molar-refractivity contribution in [2.45, 2.75) is 96.0 Å². The first kappa shape index (κ1) is 41.6. The number of rotatable bonds is 20. The van der Waals surface area contributed by atoms with Crippen molar-refractivity contribution in [3.8, 4) is 0 Å². The van der Waals surface area contributed by atoms with E-state index >= 15 is 0 Å². The lowest BCUT2D eigenvalue weighted by atomic mass is 9.88. The third kappa shape index (κ3) is 18.5. The van der Waals surface area contributed by atoms with Crippen LogP contribution in [0.5, 0.6) is 0 Å². The second-order valence-electron chi connectivity index (χ2n) is 11.4. The van der Waals surface area contributed by atoms with Crippen molar-refractivity contribution >= 4 is 5.97 Å². The number of aliphatic hydroxyl groups is 5. The fourth-order valence-electron chi connectivity index (χ4n) is 4.36. The Morgan fingerprint density at radius 2 is 1.23 bits per heavy atom. The van der Waals surface area contributed by atoms with Gasteiger partial charge < -0.3 is 40.1 Å². The molecule has 1 fully saturated rings. The molecule has 1 saturated heterocycles. The van der Waals surface area contributed by atoms with Gasteiger partial charge in [-0.3, -0.25) is 0 Å². The summed E-state index contributed by atoms with van der Waals surface area (Å²) in [5.41, 5.74) is 0. The summed E-state index contributed by atoms with van der Waals surface area (Å²) in [6, 6.07) is 0. The summed E-state index contributed by atoms with van der Waals surface area (Å²) >= 11 is 0. The summed E-state index contributed by atoms with van der Waals surface area (Å²) < 4.78 is 11.1. The Bertz CT molecular complexity index is 1170. The van der Waals surface area contributed by atoms with Crippen LogP contribution in [-0.2, 0) is 14.3 Å². The van der Waals surface area contributed by atoms with Gasteiger partial charge in [-0.25, -0.2) is 4.79 Å². The van der Waals surface area contributed by atoms with E-state index in [-0.39, 0.29) is 17.9 Å². The Morgan fingerprint density at radius 3 is 1.85 bits per heavy atom. The van der Waals surface area contributed by atoms with Gasteiger partial charge in [-0.15, -0.1) is 0 Å². The number of hydrogen-bond acceptors (Lipinski definition) is 8. The molecule has 47 heavy (non-hydrogen) atoms. The van der Waals surface area contributed by atoms with Crippen LogP contribution in [0.15, 0.2) is 122 Å². The van der Waals surface area contributed by atoms with Crippen LogP contribution in [0.25, 0.3) is 0 Å². The molecule has 0 aromatic rings. The lowest BCUT2D eigenvalue weighted by Gasteiger charge is -2.39. The highest BCUT2D eigenvalue weighted by molar-refractivity contribution is 5.80. The first-order valence-corrected chi connectivity index (χ1v) is 16.1. The molecule has 10 atom stereocenters. The van der Waals surface area contributed by atoms with Crippen LogP contribution >= 0.6 is 0 Å². The summed E-state index contributed by atoms with van der Waals surface area (Å²) in [6.07, 6.45) is 30.9. The number of aliphatic carboxylic acids is 1. The zero-order valence-electron chi connectivity index (χ0n) is 27.8. The molecular weight excluding hydrogens is 600 g/mol. The van der Waals surface area contributed by atoms with Gasteiger partial charge in [0.2, 0.25) is 0 Å². The first-order chi connectivity index (χ1) is 22.5. The average molecular weight is 655 g/mol. The molecule has 1 rings (SSSR count). The van der Waals surface area contributed by atoms with Gasteiger partial charge in [0, 0.05) is 17.9 Å². The zero-order valence-corrected chi connectivity index (χ0v) is 27.8. The number of ether oxygens (including phenoxy) is 2. The van der Waals surface area contributed by atoms with Gasteiger partial charge in [0.25, 0.3) is 0 Å². The van der Waals surface area contributed by atoms with Crippen molar-refractivity contribution in [3.05, 3.63) is 122 Å². The molecule has 10 unspecified atom stereocenters. The SMILES string of the molecule is CC(CC=CC=CC=CC=CC=CC(O)C(C)C(O)C(C)C=CCCC=CC=CC=CC=CC(=O)O)OC1OC(C)C(O)C(O)C1O. The molecule has 0 radical (unpaired) electrons. The maximum atomic E-state index is 10.7. The molecule has 0 saturated carbocycles. The molecule has 0 aromatic carbocycles. The zero-order chi connectivity index (χ0) is 35.0. The number of carbonyl (C=O) groups is 1. The van der Waals surface area contributed by atoms with Crippen molar-refractivity contribution < 1.29 is 44.9 Å². The Kier molecular flexibility index (Phi) is 21.9. The Labute approximate surface area is 279 Å². The van der Waals surface area contributed by atoms with Crippen LogP contribution in [-0.4, -0.2) is 85.6 Å². The molecule has 260 valence electrons. The lowest BCUT2D eigenvalue weighted by Crippen LogP contribution is -2.57. The Morgan fingerprint density at radius 1 is 0.702 bits per heavy atom. The van der Waals surface area contributed by atoms with E-state index in [0.717, 1.165) is 18.9 Å². The molecular formula is C38H54O9. The molecule has 9 nitrogen and oxygen atoms in total. The van der Waals surface area contributed by atoms with E-state index in [1.165, 1.54) is 6.08 Å².